The van der Waals surface area contributed by atoms with Crippen molar-refractivity contribution in [3.05, 3.63) is 44.5 Å². The number of amides is 1. The second-order valence-electron chi connectivity index (χ2n) is 7.37. The van der Waals surface area contributed by atoms with Crippen LogP contribution in [0.3, 0.4) is 0 Å². The van der Waals surface area contributed by atoms with Crippen molar-refractivity contribution in [3.63, 3.8) is 0 Å². The normalized spacial score (nSPS) is 17.9. The molecule has 0 saturated heterocycles. The van der Waals surface area contributed by atoms with Gasteiger partial charge in [0, 0.05) is 26.9 Å². The molecule has 0 aliphatic carbocycles. The Hall–Kier alpha value is -1.94. The maximum atomic E-state index is 12.3. The van der Waals surface area contributed by atoms with E-state index >= 15 is 0 Å². The zero-order valence-corrected chi connectivity index (χ0v) is 16.4. The first-order valence-corrected chi connectivity index (χ1v) is 9.80. The van der Waals surface area contributed by atoms with Crippen LogP contribution in [0.1, 0.15) is 48.6 Å². The van der Waals surface area contributed by atoms with Crippen LogP contribution in [-0.2, 0) is 16.8 Å². The Morgan fingerprint density at radius 1 is 1.40 bits per heavy atom. The quantitative estimate of drug-likeness (QED) is 0.781. The number of carbonyl (C=O) groups excluding carboxylic acids is 1. The Labute approximate surface area is 156 Å². The largest absolute Gasteiger partial charge is 0.313 e. The van der Waals surface area contributed by atoms with Gasteiger partial charge in [0.1, 0.15) is 11.1 Å². The lowest BCUT2D eigenvalue weighted by Crippen LogP contribution is -2.54. The fourth-order valence-corrected chi connectivity index (χ4v) is 5.28. The molecule has 2 N–H and O–H groups in total. The van der Waals surface area contributed by atoms with E-state index in [0.29, 0.717) is 10.6 Å². The van der Waals surface area contributed by atoms with E-state index < -0.39 is 0 Å². The average molecular weight is 372 g/mol. The first kappa shape index (κ1) is 17.9. The van der Waals surface area contributed by atoms with Gasteiger partial charge in [0.05, 0.1) is 5.56 Å². The molecule has 0 unspecified atom stereocenters. The van der Waals surface area contributed by atoms with Crippen LogP contribution < -0.4 is 10.6 Å². The molecule has 0 bridgehead atoms. The summed E-state index contributed by atoms with van der Waals surface area (Å²) in [5.74, 6) is -0.214. The Bertz CT molecular complexity index is 867. The number of hydrogen-bond donors (Lipinski definition) is 2. The van der Waals surface area contributed by atoms with Crippen LogP contribution in [0.25, 0.3) is 6.08 Å². The van der Waals surface area contributed by atoms with Gasteiger partial charge in [-0.15, -0.1) is 22.7 Å². The standard InChI is InChI=1S/C19H21N3OS2/c1-18(2)10-13-14(11-20)17(25-16(13)19(3,4)22-18)21-15(23)8-7-12-6-5-9-24-12/h5-9,22H,10H2,1-4H3,(H,21,23)/b8-7+. The van der Waals surface area contributed by atoms with Crippen LogP contribution in [0.4, 0.5) is 5.00 Å². The second kappa shape index (κ2) is 6.41. The third-order valence-corrected chi connectivity index (χ3v) is 6.44. The average Bonchev–Trinajstić information content (AvgIpc) is 3.11. The summed E-state index contributed by atoms with van der Waals surface area (Å²) in [5, 5.41) is 18.8. The van der Waals surface area contributed by atoms with Gasteiger partial charge in [-0.3, -0.25) is 4.79 Å². The van der Waals surface area contributed by atoms with Crippen molar-refractivity contribution in [1.82, 2.24) is 5.32 Å². The van der Waals surface area contributed by atoms with Gasteiger partial charge in [0.2, 0.25) is 5.91 Å². The molecule has 0 radical (unpaired) electrons. The molecule has 0 spiro atoms. The summed E-state index contributed by atoms with van der Waals surface area (Å²) in [6, 6.07) is 6.20. The molecular formula is C19H21N3OS2. The summed E-state index contributed by atoms with van der Waals surface area (Å²) in [6.07, 6.45) is 4.07. The first-order chi connectivity index (χ1) is 11.7. The number of nitriles is 1. The van der Waals surface area contributed by atoms with Gasteiger partial charge in [-0.2, -0.15) is 5.26 Å². The van der Waals surface area contributed by atoms with E-state index in [2.05, 4.69) is 44.4 Å². The molecule has 0 fully saturated rings. The van der Waals surface area contributed by atoms with Crippen LogP contribution in [0, 0.1) is 11.3 Å². The monoisotopic (exact) mass is 371 g/mol. The maximum absolute atomic E-state index is 12.3. The van der Waals surface area contributed by atoms with Gasteiger partial charge in [-0.05, 0) is 57.2 Å². The van der Waals surface area contributed by atoms with E-state index in [4.69, 9.17) is 0 Å². The third-order valence-electron chi connectivity index (χ3n) is 4.14. The Kier molecular flexibility index (Phi) is 4.58. The summed E-state index contributed by atoms with van der Waals surface area (Å²) < 4.78 is 0. The molecule has 130 valence electrons. The maximum Gasteiger partial charge on any atom is 0.249 e. The van der Waals surface area contributed by atoms with Gasteiger partial charge in [0.25, 0.3) is 0 Å². The number of hydrogen-bond acceptors (Lipinski definition) is 5. The topological polar surface area (TPSA) is 64.9 Å². The highest BCUT2D eigenvalue weighted by Gasteiger charge is 2.40. The number of thiophene rings is 2. The van der Waals surface area contributed by atoms with Gasteiger partial charge < -0.3 is 10.6 Å². The van der Waals surface area contributed by atoms with Crippen molar-refractivity contribution in [1.29, 1.82) is 5.26 Å². The van der Waals surface area contributed by atoms with Crippen molar-refractivity contribution in [2.75, 3.05) is 5.32 Å². The molecule has 1 amide bonds. The van der Waals surface area contributed by atoms with Crippen molar-refractivity contribution in [3.8, 4) is 6.07 Å². The van der Waals surface area contributed by atoms with Gasteiger partial charge in [-0.1, -0.05) is 6.07 Å². The van der Waals surface area contributed by atoms with E-state index in [-0.39, 0.29) is 17.0 Å². The molecule has 2 aromatic rings. The minimum atomic E-state index is -0.233. The summed E-state index contributed by atoms with van der Waals surface area (Å²) in [4.78, 5) is 14.4. The van der Waals surface area contributed by atoms with E-state index in [0.717, 1.165) is 21.7 Å². The highest BCUT2D eigenvalue weighted by molar-refractivity contribution is 7.17. The second-order valence-corrected chi connectivity index (χ2v) is 9.37. The lowest BCUT2D eigenvalue weighted by atomic mass is 9.81. The highest BCUT2D eigenvalue weighted by Crippen LogP contribution is 2.44. The lowest BCUT2D eigenvalue weighted by Gasteiger charge is -2.42. The van der Waals surface area contributed by atoms with Crippen molar-refractivity contribution < 1.29 is 4.79 Å². The molecule has 1 aliphatic rings. The molecule has 1 aliphatic heterocycles. The van der Waals surface area contributed by atoms with E-state index in [1.165, 1.54) is 17.4 Å². The minimum Gasteiger partial charge on any atom is -0.313 e. The molecule has 0 aromatic carbocycles. The van der Waals surface area contributed by atoms with E-state index in [1.807, 2.05) is 17.5 Å². The van der Waals surface area contributed by atoms with Crippen LogP contribution in [-0.4, -0.2) is 11.4 Å². The fraction of sp³-hybridized carbons (Fsp3) is 0.368. The predicted octanol–water partition coefficient (Wildman–Crippen LogP) is 4.49. The predicted molar refractivity (Wildman–Crippen MR) is 105 cm³/mol. The van der Waals surface area contributed by atoms with E-state index in [1.54, 1.807) is 17.4 Å². The SMILES string of the molecule is CC1(C)Cc2c(sc(NC(=O)/C=C/c3cccs3)c2C#N)C(C)(C)N1. The van der Waals surface area contributed by atoms with Crippen molar-refractivity contribution in [2.24, 2.45) is 0 Å². The minimum absolute atomic E-state index is 0.0937. The van der Waals surface area contributed by atoms with Gasteiger partial charge in [-0.25, -0.2) is 0 Å². The molecule has 4 nitrogen and oxygen atoms in total. The third kappa shape index (κ3) is 3.69. The smallest absolute Gasteiger partial charge is 0.249 e. The number of carbonyl (C=O) groups is 1. The highest BCUT2D eigenvalue weighted by atomic mass is 32.1. The van der Waals surface area contributed by atoms with Crippen LogP contribution >= 0.6 is 22.7 Å². The zero-order chi connectivity index (χ0) is 18.2. The number of anilines is 1. The number of nitrogens with zero attached hydrogens (tertiary/aromatic N) is 1. The van der Waals surface area contributed by atoms with Crippen molar-refractivity contribution >= 4 is 39.7 Å². The Balaban J connectivity index is 1.90. The first-order valence-electron chi connectivity index (χ1n) is 8.10. The number of nitrogens with one attached hydrogen (secondary N) is 2. The summed E-state index contributed by atoms with van der Waals surface area (Å²) in [7, 11) is 0. The Morgan fingerprint density at radius 2 is 2.16 bits per heavy atom. The molecule has 3 rings (SSSR count). The fourth-order valence-electron chi connectivity index (χ4n) is 3.43. The molecule has 2 aromatic heterocycles. The summed E-state index contributed by atoms with van der Waals surface area (Å²) >= 11 is 3.07. The molecule has 0 atom stereocenters. The Morgan fingerprint density at radius 3 is 2.80 bits per heavy atom. The number of rotatable bonds is 3. The molecule has 3 heterocycles. The van der Waals surface area contributed by atoms with Crippen LogP contribution in [0.2, 0.25) is 0 Å². The zero-order valence-electron chi connectivity index (χ0n) is 14.8. The molecule has 25 heavy (non-hydrogen) atoms. The van der Waals surface area contributed by atoms with Crippen LogP contribution in [0.15, 0.2) is 23.6 Å². The molecule has 6 heteroatoms. The lowest BCUT2D eigenvalue weighted by molar-refractivity contribution is -0.111. The van der Waals surface area contributed by atoms with Gasteiger partial charge >= 0.3 is 0 Å². The number of fused-ring (bicyclic) bond motifs is 1. The van der Waals surface area contributed by atoms with Crippen molar-refractivity contribution in [2.45, 2.75) is 45.2 Å². The van der Waals surface area contributed by atoms with E-state index in [9.17, 15) is 10.1 Å². The summed E-state index contributed by atoms with van der Waals surface area (Å²) in [6.45, 7) is 8.51. The molecule has 0 saturated carbocycles. The van der Waals surface area contributed by atoms with Crippen LogP contribution in [0.5, 0.6) is 0 Å². The summed E-state index contributed by atoms with van der Waals surface area (Å²) in [5.41, 5.74) is 1.33. The van der Waals surface area contributed by atoms with Gasteiger partial charge in [0.15, 0.2) is 0 Å². The molecular weight excluding hydrogens is 350 g/mol.